The van der Waals surface area contributed by atoms with Gasteiger partial charge in [-0.05, 0) is 58.9 Å². The number of halogens is 4. The van der Waals surface area contributed by atoms with Gasteiger partial charge in [0, 0.05) is 12.2 Å². The van der Waals surface area contributed by atoms with E-state index in [1.54, 1.807) is 0 Å². The van der Waals surface area contributed by atoms with Gasteiger partial charge in [-0.15, -0.1) is 67.9 Å². The Bertz CT molecular complexity index is 174. The molecular formula is C12H32Br4N4. The van der Waals surface area contributed by atoms with Crippen molar-refractivity contribution in [3.8, 4) is 0 Å². The first-order valence-corrected chi connectivity index (χ1v) is 6.28. The number of nitrogens with two attached hydrogens (primary N) is 1. The van der Waals surface area contributed by atoms with Crippen LogP contribution in [0.2, 0.25) is 0 Å². The van der Waals surface area contributed by atoms with E-state index in [-0.39, 0.29) is 67.9 Å². The lowest BCUT2D eigenvalue weighted by Crippen LogP contribution is -2.25. The second-order valence-corrected chi connectivity index (χ2v) is 4.06. The van der Waals surface area contributed by atoms with Crippen molar-refractivity contribution in [1.82, 2.24) is 16.0 Å². The van der Waals surface area contributed by atoms with Crippen molar-refractivity contribution in [2.75, 3.05) is 39.3 Å². The fourth-order valence-corrected chi connectivity index (χ4v) is 1.33. The smallest absolute Gasteiger partial charge is 0.0155 e. The van der Waals surface area contributed by atoms with Gasteiger partial charge >= 0.3 is 0 Å². The molecule has 0 amide bonds. The Balaban J connectivity index is -0.000000187. The highest BCUT2D eigenvalue weighted by molar-refractivity contribution is 8.93. The van der Waals surface area contributed by atoms with Crippen LogP contribution in [0.1, 0.15) is 26.2 Å². The van der Waals surface area contributed by atoms with Crippen LogP contribution >= 0.6 is 67.9 Å². The predicted molar refractivity (Wildman–Crippen MR) is 113 cm³/mol. The second kappa shape index (κ2) is 28.5. The van der Waals surface area contributed by atoms with E-state index in [2.05, 4.69) is 22.5 Å². The maximum absolute atomic E-state index is 5.39. The molecule has 0 fully saturated rings. The average molecular weight is 552 g/mol. The van der Waals surface area contributed by atoms with E-state index in [0.29, 0.717) is 0 Å². The summed E-state index contributed by atoms with van der Waals surface area (Å²) in [7, 11) is 0. The van der Waals surface area contributed by atoms with Gasteiger partial charge in [0.1, 0.15) is 0 Å². The van der Waals surface area contributed by atoms with Crippen LogP contribution in [0.3, 0.4) is 0 Å². The first kappa shape index (κ1) is 33.1. The minimum atomic E-state index is 0. The molecule has 5 N–H and O–H groups in total. The molecule has 20 heavy (non-hydrogen) atoms. The molecule has 0 heterocycles. The number of hydrogen-bond acceptors (Lipinski definition) is 4. The Morgan fingerprint density at radius 2 is 1.20 bits per heavy atom. The first-order valence-electron chi connectivity index (χ1n) is 6.28. The van der Waals surface area contributed by atoms with E-state index < -0.39 is 0 Å². The monoisotopic (exact) mass is 548 g/mol. The number of nitrogens with one attached hydrogen (secondary N) is 3. The summed E-state index contributed by atoms with van der Waals surface area (Å²) in [4.78, 5) is 0. The molecule has 0 aliphatic heterocycles. The number of allylic oxidation sites excluding steroid dienone is 1. The molecule has 0 unspecified atom stereocenters. The van der Waals surface area contributed by atoms with Gasteiger partial charge in [-0.3, -0.25) is 0 Å². The van der Waals surface area contributed by atoms with Crippen molar-refractivity contribution >= 4 is 67.9 Å². The third-order valence-electron chi connectivity index (χ3n) is 2.22. The molecule has 0 radical (unpaired) electrons. The molecule has 4 nitrogen and oxygen atoms in total. The van der Waals surface area contributed by atoms with Crippen LogP contribution in [0.5, 0.6) is 0 Å². The van der Waals surface area contributed by atoms with E-state index in [1.807, 2.05) is 6.92 Å². The molecule has 0 aliphatic rings. The maximum Gasteiger partial charge on any atom is 0.0155 e. The van der Waals surface area contributed by atoms with Crippen LogP contribution in [-0.4, -0.2) is 39.3 Å². The quantitative estimate of drug-likeness (QED) is 0.282. The van der Waals surface area contributed by atoms with Crippen LogP contribution in [-0.2, 0) is 0 Å². The minimum Gasteiger partial charge on any atom is -0.389 e. The van der Waals surface area contributed by atoms with Crippen molar-refractivity contribution in [3.05, 3.63) is 12.3 Å². The summed E-state index contributed by atoms with van der Waals surface area (Å²) in [6.07, 6.45) is 3.39. The van der Waals surface area contributed by atoms with Gasteiger partial charge in [-0.1, -0.05) is 6.58 Å². The van der Waals surface area contributed by atoms with E-state index in [0.717, 1.165) is 57.8 Å². The first-order chi connectivity index (χ1) is 7.77. The molecule has 8 heteroatoms. The van der Waals surface area contributed by atoms with E-state index in [9.17, 15) is 0 Å². The summed E-state index contributed by atoms with van der Waals surface area (Å²) in [6, 6.07) is 0. The Hall–Kier alpha value is 1.34. The standard InChI is InChI=1S/C12H28N4.4BrH/c1-12(2)16-11-5-10-15-9-4-8-14-7-3-6-13;;;;/h14-16H,1,3-11,13H2,2H3;4*1H. The van der Waals surface area contributed by atoms with Crippen LogP contribution in [0.15, 0.2) is 12.3 Å². The van der Waals surface area contributed by atoms with Gasteiger partial charge < -0.3 is 21.7 Å². The van der Waals surface area contributed by atoms with Crippen molar-refractivity contribution in [3.63, 3.8) is 0 Å². The lowest BCUT2D eigenvalue weighted by atomic mass is 10.3. The van der Waals surface area contributed by atoms with Crippen LogP contribution in [0.25, 0.3) is 0 Å². The van der Waals surface area contributed by atoms with Crippen LogP contribution < -0.4 is 21.7 Å². The van der Waals surface area contributed by atoms with E-state index in [1.165, 1.54) is 6.42 Å². The SMILES string of the molecule is Br.Br.Br.Br.C=C(C)NCCCNCCCNCCCN. The second-order valence-electron chi connectivity index (χ2n) is 4.06. The van der Waals surface area contributed by atoms with Crippen LogP contribution in [0.4, 0.5) is 0 Å². The number of hydrogen-bond donors (Lipinski definition) is 4. The number of rotatable bonds is 12. The normalized spacial score (nSPS) is 8.30. The van der Waals surface area contributed by atoms with Gasteiger partial charge in [0.05, 0.1) is 0 Å². The van der Waals surface area contributed by atoms with Gasteiger partial charge in [-0.25, -0.2) is 0 Å². The topological polar surface area (TPSA) is 62.1 Å². The van der Waals surface area contributed by atoms with Crippen molar-refractivity contribution in [2.45, 2.75) is 26.2 Å². The Morgan fingerprint density at radius 3 is 1.60 bits per heavy atom. The Kier molecular flexibility index (Phi) is 47.1. The average Bonchev–Trinajstić information content (AvgIpc) is 2.25. The van der Waals surface area contributed by atoms with Crippen molar-refractivity contribution in [2.24, 2.45) is 5.73 Å². The molecule has 0 saturated heterocycles. The van der Waals surface area contributed by atoms with Gasteiger partial charge in [0.15, 0.2) is 0 Å². The van der Waals surface area contributed by atoms with Crippen LogP contribution in [0, 0.1) is 0 Å². The van der Waals surface area contributed by atoms with Crippen molar-refractivity contribution < 1.29 is 0 Å². The highest BCUT2D eigenvalue weighted by Crippen LogP contribution is 1.81. The fraction of sp³-hybridized carbons (Fsp3) is 0.833. The third kappa shape index (κ3) is 31.6. The third-order valence-corrected chi connectivity index (χ3v) is 2.22. The maximum atomic E-state index is 5.39. The Labute approximate surface area is 166 Å². The molecule has 0 atom stereocenters. The zero-order valence-electron chi connectivity index (χ0n) is 12.3. The molecule has 0 saturated carbocycles. The molecule has 0 bridgehead atoms. The molecular weight excluding hydrogens is 520 g/mol. The van der Waals surface area contributed by atoms with Crippen molar-refractivity contribution in [1.29, 1.82) is 0 Å². The summed E-state index contributed by atoms with van der Waals surface area (Å²) < 4.78 is 0. The van der Waals surface area contributed by atoms with E-state index in [4.69, 9.17) is 5.73 Å². The minimum absolute atomic E-state index is 0. The summed E-state index contributed by atoms with van der Waals surface area (Å²) in [5.41, 5.74) is 6.44. The van der Waals surface area contributed by atoms with Gasteiger partial charge in [-0.2, -0.15) is 0 Å². The zero-order valence-corrected chi connectivity index (χ0v) is 19.1. The highest BCUT2D eigenvalue weighted by atomic mass is 79.9. The molecule has 128 valence electrons. The summed E-state index contributed by atoms with van der Waals surface area (Å²) in [5, 5.41) is 9.99. The fourth-order valence-electron chi connectivity index (χ4n) is 1.33. The van der Waals surface area contributed by atoms with Gasteiger partial charge in [0.25, 0.3) is 0 Å². The van der Waals surface area contributed by atoms with E-state index >= 15 is 0 Å². The Morgan fingerprint density at radius 1 is 0.800 bits per heavy atom. The molecule has 0 aromatic heterocycles. The summed E-state index contributed by atoms with van der Waals surface area (Å²) >= 11 is 0. The summed E-state index contributed by atoms with van der Waals surface area (Å²) in [5.74, 6) is 0. The lowest BCUT2D eigenvalue weighted by Gasteiger charge is -2.07. The highest BCUT2D eigenvalue weighted by Gasteiger charge is 1.90. The molecule has 0 spiro atoms. The molecule has 0 aromatic rings. The largest absolute Gasteiger partial charge is 0.389 e. The zero-order chi connectivity index (χ0) is 12.1. The predicted octanol–water partition coefficient (Wildman–Crippen LogP) is 2.73. The summed E-state index contributed by atoms with van der Waals surface area (Å²) in [6.45, 7) is 11.8. The molecule has 0 aliphatic carbocycles. The molecule has 0 rings (SSSR count). The molecule has 0 aromatic carbocycles. The lowest BCUT2D eigenvalue weighted by molar-refractivity contribution is 0.572. The van der Waals surface area contributed by atoms with Gasteiger partial charge in [0.2, 0.25) is 0 Å².